The third-order valence-corrected chi connectivity index (χ3v) is 5.31. The lowest BCUT2D eigenvalue weighted by molar-refractivity contribution is 0.102. The Morgan fingerprint density at radius 1 is 1.23 bits per heavy atom. The van der Waals surface area contributed by atoms with Gasteiger partial charge < -0.3 is 10.1 Å². The summed E-state index contributed by atoms with van der Waals surface area (Å²) in [5, 5.41) is 2.47. The van der Waals surface area contributed by atoms with Crippen molar-refractivity contribution in [3.63, 3.8) is 0 Å². The van der Waals surface area contributed by atoms with Crippen molar-refractivity contribution in [1.82, 2.24) is 4.72 Å². The first-order valence-corrected chi connectivity index (χ1v) is 9.47. The van der Waals surface area contributed by atoms with Crippen molar-refractivity contribution in [1.29, 1.82) is 0 Å². The number of carbonyl (C=O) groups is 1. The van der Waals surface area contributed by atoms with E-state index in [-0.39, 0.29) is 22.1 Å². The predicted octanol–water partition coefficient (Wildman–Crippen LogP) is 3.04. The molecule has 0 unspecified atom stereocenters. The third-order valence-electron chi connectivity index (χ3n) is 3.39. The van der Waals surface area contributed by atoms with Gasteiger partial charge in [-0.15, -0.1) is 0 Å². The first kappa shape index (κ1) is 20.3. The highest BCUT2D eigenvalue weighted by Crippen LogP contribution is 2.21. The molecule has 140 valence electrons. The zero-order valence-electron chi connectivity index (χ0n) is 14.1. The van der Waals surface area contributed by atoms with Crippen molar-refractivity contribution in [3.8, 4) is 0 Å². The molecule has 2 aromatic rings. The quantitative estimate of drug-likeness (QED) is 0.748. The van der Waals surface area contributed by atoms with Crippen LogP contribution in [0, 0.1) is 5.82 Å². The molecular formula is C17H18ClFN2O4S. The summed E-state index contributed by atoms with van der Waals surface area (Å²) in [5.74, 6) is -1.47. The zero-order valence-corrected chi connectivity index (χ0v) is 15.7. The van der Waals surface area contributed by atoms with Gasteiger partial charge in [-0.05, 0) is 43.3 Å². The Morgan fingerprint density at radius 3 is 2.46 bits per heavy atom. The van der Waals surface area contributed by atoms with Crippen LogP contribution >= 0.6 is 11.6 Å². The first-order valence-electron chi connectivity index (χ1n) is 7.61. The second-order valence-electron chi connectivity index (χ2n) is 5.55. The van der Waals surface area contributed by atoms with Crippen LogP contribution in [0.3, 0.4) is 0 Å². The summed E-state index contributed by atoms with van der Waals surface area (Å²) in [5.41, 5.74) is 0.0270. The van der Waals surface area contributed by atoms with Crippen molar-refractivity contribution in [2.45, 2.75) is 17.9 Å². The van der Waals surface area contributed by atoms with Gasteiger partial charge in [-0.1, -0.05) is 17.7 Å². The lowest BCUT2D eigenvalue weighted by Crippen LogP contribution is -2.35. The molecule has 1 amide bonds. The number of sulfonamides is 1. The van der Waals surface area contributed by atoms with Crippen molar-refractivity contribution in [3.05, 3.63) is 58.9 Å². The molecule has 0 bridgehead atoms. The SMILES string of the molecule is COC[C@@H](C)NS(=O)(=O)c1ccc(NC(=O)c2c(F)cccc2Cl)cc1. The first-order chi connectivity index (χ1) is 12.2. The van der Waals surface area contributed by atoms with E-state index in [4.69, 9.17) is 16.3 Å². The molecule has 2 N–H and O–H groups in total. The van der Waals surface area contributed by atoms with Gasteiger partial charge in [0, 0.05) is 18.8 Å². The summed E-state index contributed by atoms with van der Waals surface area (Å²) in [6.45, 7) is 1.91. The molecule has 0 spiro atoms. The summed E-state index contributed by atoms with van der Waals surface area (Å²) in [7, 11) is -2.24. The van der Waals surface area contributed by atoms with E-state index in [1.54, 1.807) is 6.92 Å². The van der Waals surface area contributed by atoms with E-state index in [0.29, 0.717) is 5.69 Å². The fraction of sp³-hybridized carbons (Fsp3) is 0.235. The average Bonchev–Trinajstić information content (AvgIpc) is 2.55. The Kier molecular flexibility index (Phi) is 6.71. The molecule has 0 radical (unpaired) electrons. The van der Waals surface area contributed by atoms with Gasteiger partial charge in [0.25, 0.3) is 5.91 Å². The molecule has 0 heterocycles. The number of methoxy groups -OCH3 is 1. The van der Waals surface area contributed by atoms with Crippen molar-refractivity contribution < 1.29 is 22.3 Å². The number of carbonyl (C=O) groups excluding carboxylic acids is 1. The number of anilines is 1. The van der Waals surface area contributed by atoms with E-state index in [9.17, 15) is 17.6 Å². The Labute approximate surface area is 156 Å². The number of hydrogen-bond donors (Lipinski definition) is 2. The minimum atomic E-state index is -3.72. The highest BCUT2D eigenvalue weighted by atomic mass is 35.5. The summed E-state index contributed by atoms with van der Waals surface area (Å²) >= 11 is 5.85. The second-order valence-corrected chi connectivity index (χ2v) is 7.67. The fourth-order valence-electron chi connectivity index (χ4n) is 2.24. The summed E-state index contributed by atoms with van der Waals surface area (Å²) in [6, 6.07) is 9.01. The van der Waals surface area contributed by atoms with Gasteiger partial charge in [0.05, 0.1) is 22.1 Å². The van der Waals surface area contributed by atoms with E-state index >= 15 is 0 Å². The summed E-state index contributed by atoms with van der Waals surface area (Å²) in [6.07, 6.45) is 0. The van der Waals surface area contributed by atoms with E-state index in [2.05, 4.69) is 10.0 Å². The van der Waals surface area contributed by atoms with Crippen LogP contribution in [0.2, 0.25) is 5.02 Å². The molecule has 0 aliphatic heterocycles. The van der Waals surface area contributed by atoms with Crippen molar-refractivity contribution in [2.24, 2.45) is 0 Å². The molecule has 0 saturated carbocycles. The molecule has 0 saturated heterocycles. The standard InChI is InChI=1S/C17H18ClFN2O4S/c1-11(10-25-2)21-26(23,24)13-8-6-12(7-9-13)20-17(22)16-14(18)4-3-5-15(16)19/h3-9,11,21H,10H2,1-2H3,(H,20,22)/t11-/m1/s1. The van der Waals surface area contributed by atoms with Crippen molar-refractivity contribution in [2.75, 3.05) is 19.0 Å². The van der Waals surface area contributed by atoms with Crippen LogP contribution in [-0.2, 0) is 14.8 Å². The molecule has 9 heteroatoms. The monoisotopic (exact) mass is 400 g/mol. The molecule has 2 aromatic carbocycles. The normalized spacial score (nSPS) is 12.6. The Morgan fingerprint density at radius 2 is 1.88 bits per heavy atom. The van der Waals surface area contributed by atoms with E-state index in [1.165, 1.54) is 43.5 Å². The average molecular weight is 401 g/mol. The molecule has 6 nitrogen and oxygen atoms in total. The number of rotatable bonds is 7. The fourth-order valence-corrected chi connectivity index (χ4v) is 3.72. The third kappa shape index (κ3) is 5.01. The maximum atomic E-state index is 13.8. The van der Waals surface area contributed by atoms with E-state index in [0.717, 1.165) is 6.07 Å². The number of amides is 1. The van der Waals surface area contributed by atoms with Gasteiger partial charge in [-0.2, -0.15) is 0 Å². The van der Waals surface area contributed by atoms with E-state index < -0.39 is 27.8 Å². The van der Waals surface area contributed by atoms with Crippen LogP contribution in [0.1, 0.15) is 17.3 Å². The van der Waals surface area contributed by atoms with E-state index in [1.807, 2.05) is 0 Å². The largest absolute Gasteiger partial charge is 0.383 e. The highest BCUT2D eigenvalue weighted by molar-refractivity contribution is 7.89. The predicted molar refractivity (Wildman–Crippen MR) is 97.5 cm³/mol. The highest BCUT2D eigenvalue weighted by Gasteiger charge is 2.18. The summed E-state index contributed by atoms with van der Waals surface area (Å²) < 4.78 is 45.6. The maximum Gasteiger partial charge on any atom is 0.260 e. The molecule has 26 heavy (non-hydrogen) atoms. The van der Waals surface area contributed by atoms with Gasteiger partial charge >= 0.3 is 0 Å². The molecule has 2 rings (SSSR count). The minimum Gasteiger partial charge on any atom is -0.383 e. The summed E-state index contributed by atoms with van der Waals surface area (Å²) in [4.78, 5) is 12.2. The van der Waals surface area contributed by atoms with Crippen LogP contribution in [0.4, 0.5) is 10.1 Å². The van der Waals surface area contributed by atoms with Gasteiger partial charge in [0.1, 0.15) is 5.82 Å². The topological polar surface area (TPSA) is 84.5 Å². The molecule has 0 aromatic heterocycles. The molecule has 0 aliphatic rings. The second kappa shape index (κ2) is 8.59. The Balaban J connectivity index is 2.13. The number of benzene rings is 2. The van der Waals surface area contributed by atoms with Crippen LogP contribution in [0.15, 0.2) is 47.4 Å². The number of ether oxygens (including phenoxy) is 1. The number of nitrogens with one attached hydrogen (secondary N) is 2. The lowest BCUT2D eigenvalue weighted by atomic mass is 10.2. The molecule has 1 atom stereocenters. The Hall–Kier alpha value is -2.00. The number of hydrogen-bond acceptors (Lipinski definition) is 4. The number of halogens is 2. The van der Waals surface area contributed by atoms with Gasteiger partial charge in [0.15, 0.2) is 0 Å². The Bertz CT molecular complexity index is 868. The van der Waals surface area contributed by atoms with Gasteiger partial charge in [-0.3, -0.25) is 4.79 Å². The zero-order chi connectivity index (χ0) is 19.3. The lowest BCUT2D eigenvalue weighted by Gasteiger charge is -2.13. The molecular weight excluding hydrogens is 383 g/mol. The minimum absolute atomic E-state index is 0.0157. The van der Waals surface area contributed by atoms with Crippen LogP contribution in [0.25, 0.3) is 0 Å². The van der Waals surface area contributed by atoms with Crippen LogP contribution in [0.5, 0.6) is 0 Å². The van der Waals surface area contributed by atoms with Gasteiger partial charge in [0.2, 0.25) is 10.0 Å². The smallest absolute Gasteiger partial charge is 0.260 e. The maximum absolute atomic E-state index is 13.8. The molecule has 0 fully saturated rings. The molecule has 0 aliphatic carbocycles. The van der Waals surface area contributed by atoms with Gasteiger partial charge in [-0.25, -0.2) is 17.5 Å². The van der Waals surface area contributed by atoms with Crippen molar-refractivity contribution >= 4 is 33.2 Å². The van der Waals surface area contributed by atoms with Crippen LogP contribution in [-0.4, -0.2) is 34.1 Å². The van der Waals surface area contributed by atoms with Crippen LogP contribution < -0.4 is 10.0 Å².